The third kappa shape index (κ3) is 7.74. The molecule has 0 aliphatic carbocycles. The lowest BCUT2D eigenvalue weighted by molar-refractivity contribution is -0.128. The highest BCUT2D eigenvalue weighted by Crippen LogP contribution is 2.22. The van der Waals surface area contributed by atoms with Gasteiger partial charge in [0.05, 0.1) is 35.2 Å². The number of hydrogen-bond acceptors (Lipinski definition) is 5. The third-order valence-electron chi connectivity index (χ3n) is 5.75. The third-order valence-corrected chi connectivity index (χ3v) is 6.49. The van der Waals surface area contributed by atoms with Gasteiger partial charge in [-0.15, -0.1) is 0 Å². The molecule has 1 fully saturated rings. The van der Waals surface area contributed by atoms with E-state index in [4.69, 9.17) is 27.9 Å². The monoisotopic (exact) mass is 483 g/mol. The largest absolute Gasteiger partial charge is 0.394 e. The molecule has 176 valence electrons. The van der Waals surface area contributed by atoms with E-state index in [1.165, 1.54) is 19.3 Å². The summed E-state index contributed by atoms with van der Waals surface area (Å²) in [4.78, 5) is 27.0. The zero-order valence-corrected chi connectivity index (χ0v) is 19.6. The first-order chi connectivity index (χ1) is 15.4. The van der Waals surface area contributed by atoms with Gasteiger partial charge in [-0.05, 0) is 43.6 Å². The second kappa shape index (κ2) is 12.6. The van der Waals surface area contributed by atoms with Crippen LogP contribution in [0.3, 0.4) is 0 Å². The van der Waals surface area contributed by atoms with Crippen LogP contribution in [-0.4, -0.2) is 66.3 Å². The molecule has 0 bridgehead atoms. The van der Waals surface area contributed by atoms with Gasteiger partial charge in [0.1, 0.15) is 6.10 Å². The summed E-state index contributed by atoms with van der Waals surface area (Å²) < 4.78 is 5.84. The molecule has 3 rings (SSSR count). The predicted octanol–water partition coefficient (Wildman–Crippen LogP) is 2.68. The van der Waals surface area contributed by atoms with Crippen LogP contribution in [0.5, 0.6) is 0 Å². The standard InChI is InChI=1S/C23H31Cl2N3O4/c24-18-6-4-16(12-19(18)25)14-26-23(31)13-17-5-7-20(21(15-29)32-17)27-22(30)8-11-28-9-2-1-3-10-28/h4-7,12,17,20-21,29H,1-3,8-11,13-15H2,(H,26,31)(H,27,30)/t17-,20+,21-/m1/s1. The van der Waals surface area contributed by atoms with Gasteiger partial charge in [-0.1, -0.05) is 47.8 Å². The van der Waals surface area contributed by atoms with Crippen molar-refractivity contribution in [3.63, 3.8) is 0 Å². The average molecular weight is 484 g/mol. The Balaban J connectivity index is 1.42. The van der Waals surface area contributed by atoms with E-state index in [1.807, 2.05) is 0 Å². The second-order valence-corrected chi connectivity index (χ2v) is 9.07. The van der Waals surface area contributed by atoms with E-state index in [2.05, 4.69) is 15.5 Å². The molecule has 3 atom stereocenters. The summed E-state index contributed by atoms with van der Waals surface area (Å²) in [6, 6.07) is 4.78. The maximum atomic E-state index is 12.3. The lowest BCUT2D eigenvalue weighted by Crippen LogP contribution is -2.49. The smallest absolute Gasteiger partial charge is 0.223 e. The fourth-order valence-corrected chi connectivity index (χ4v) is 4.26. The van der Waals surface area contributed by atoms with Crippen molar-refractivity contribution in [2.24, 2.45) is 0 Å². The maximum Gasteiger partial charge on any atom is 0.223 e. The van der Waals surface area contributed by atoms with E-state index in [9.17, 15) is 14.7 Å². The van der Waals surface area contributed by atoms with Gasteiger partial charge in [-0.3, -0.25) is 9.59 Å². The molecule has 9 heteroatoms. The van der Waals surface area contributed by atoms with Crippen LogP contribution in [0, 0.1) is 0 Å². The SMILES string of the molecule is O=C(C[C@H]1C=C[C@H](NC(=O)CCN2CCCCC2)[C@@H](CO)O1)NCc1ccc(Cl)c(Cl)c1. The van der Waals surface area contributed by atoms with E-state index in [-0.39, 0.29) is 24.8 Å². The fraction of sp³-hybridized carbons (Fsp3) is 0.565. The number of rotatable bonds is 9. The number of halogens is 2. The molecule has 0 spiro atoms. The zero-order valence-electron chi connectivity index (χ0n) is 18.1. The molecule has 2 amide bonds. The van der Waals surface area contributed by atoms with Gasteiger partial charge in [0.25, 0.3) is 0 Å². The Morgan fingerprint density at radius 1 is 1.09 bits per heavy atom. The minimum absolute atomic E-state index is 0.0647. The Morgan fingerprint density at radius 3 is 2.59 bits per heavy atom. The first kappa shape index (κ1) is 25.0. The van der Waals surface area contributed by atoms with Crippen LogP contribution in [0.4, 0.5) is 0 Å². The number of carbonyl (C=O) groups is 2. The van der Waals surface area contributed by atoms with Crippen molar-refractivity contribution < 1.29 is 19.4 Å². The number of nitrogens with one attached hydrogen (secondary N) is 2. The molecule has 2 heterocycles. The highest BCUT2D eigenvalue weighted by Gasteiger charge is 2.29. The molecule has 2 aliphatic rings. The first-order valence-electron chi connectivity index (χ1n) is 11.1. The molecule has 1 aromatic rings. The highest BCUT2D eigenvalue weighted by molar-refractivity contribution is 6.42. The summed E-state index contributed by atoms with van der Waals surface area (Å²) in [5, 5.41) is 16.4. The average Bonchev–Trinajstić information content (AvgIpc) is 2.80. The number of ether oxygens (including phenoxy) is 1. The molecule has 0 unspecified atom stereocenters. The summed E-state index contributed by atoms with van der Waals surface area (Å²) in [5.74, 6) is -0.253. The first-order valence-corrected chi connectivity index (χ1v) is 11.9. The van der Waals surface area contributed by atoms with E-state index in [0.717, 1.165) is 25.2 Å². The summed E-state index contributed by atoms with van der Waals surface area (Å²) in [7, 11) is 0. The second-order valence-electron chi connectivity index (χ2n) is 8.26. The van der Waals surface area contributed by atoms with Crippen molar-refractivity contribution in [1.29, 1.82) is 0 Å². The van der Waals surface area contributed by atoms with Gasteiger partial charge in [0, 0.05) is 19.5 Å². The lowest BCUT2D eigenvalue weighted by Gasteiger charge is -2.32. The topological polar surface area (TPSA) is 90.9 Å². The van der Waals surface area contributed by atoms with Crippen LogP contribution < -0.4 is 10.6 Å². The normalized spacial score (nSPS) is 23.7. The van der Waals surface area contributed by atoms with Gasteiger partial charge in [0.2, 0.25) is 11.8 Å². The number of amides is 2. The van der Waals surface area contributed by atoms with E-state index in [0.29, 0.717) is 23.0 Å². The van der Waals surface area contributed by atoms with Crippen LogP contribution in [0.2, 0.25) is 10.0 Å². The van der Waals surface area contributed by atoms with Crippen molar-refractivity contribution >= 4 is 35.0 Å². The van der Waals surface area contributed by atoms with Crippen LogP contribution in [-0.2, 0) is 20.9 Å². The van der Waals surface area contributed by atoms with E-state index >= 15 is 0 Å². The van der Waals surface area contributed by atoms with Crippen molar-refractivity contribution in [3.8, 4) is 0 Å². The van der Waals surface area contributed by atoms with Crippen LogP contribution in [0.25, 0.3) is 0 Å². The number of aliphatic hydroxyl groups excluding tert-OH is 1. The van der Waals surface area contributed by atoms with Crippen molar-refractivity contribution in [2.45, 2.75) is 56.9 Å². The maximum absolute atomic E-state index is 12.3. The lowest BCUT2D eigenvalue weighted by atomic mass is 10.0. The van der Waals surface area contributed by atoms with Crippen molar-refractivity contribution in [1.82, 2.24) is 15.5 Å². The van der Waals surface area contributed by atoms with Gasteiger partial charge in [-0.2, -0.15) is 0 Å². The minimum atomic E-state index is -0.591. The summed E-state index contributed by atoms with van der Waals surface area (Å²) in [6.45, 7) is 2.92. The Labute approximate surface area is 199 Å². The number of carbonyl (C=O) groups excluding carboxylic acids is 2. The molecule has 2 aliphatic heterocycles. The molecular formula is C23H31Cl2N3O4. The Bertz CT molecular complexity index is 814. The van der Waals surface area contributed by atoms with Gasteiger partial charge < -0.3 is 25.4 Å². The van der Waals surface area contributed by atoms with Crippen molar-refractivity contribution in [3.05, 3.63) is 46.0 Å². The number of benzene rings is 1. The number of piperidine rings is 1. The molecular weight excluding hydrogens is 453 g/mol. The van der Waals surface area contributed by atoms with E-state index < -0.39 is 18.2 Å². The molecule has 32 heavy (non-hydrogen) atoms. The number of hydrogen-bond donors (Lipinski definition) is 3. The number of likely N-dealkylation sites (tertiary alicyclic amines) is 1. The molecule has 7 nitrogen and oxygen atoms in total. The molecule has 1 aromatic carbocycles. The zero-order chi connectivity index (χ0) is 22.9. The Hall–Kier alpha value is -1.64. The molecule has 0 aromatic heterocycles. The van der Waals surface area contributed by atoms with Crippen LogP contribution in [0.1, 0.15) is 37.7 Å². The summed E-state index contributed by atoms with van der Waals surface area (Å²) in [6.07, 6.45) is 6.69. The molecule has 0 saturated carbocycles. The predicted molar refractivity (Wildman–Crippen MR) is 125 cm³/mol. The van der Waals surface area contributed by atoms with E-state index in [1.54, 1.807) is 30.4 Å². The molecule has 3 N–H and O–H groups in total. The summed E-state index contributed by atoms with van der Waals surface area (Å²) in [5.41, 5.74) is 0.841. The minimum Gasteiger partial charge on any atom is -0.394 e. The quantitative estimate of drug-likeness (QED) is 0.469. The molecule has 0 radical (unpaired) electrons. The van der Waals surface area contributed by atoms with Gasteiger partial charge in [0.15, 0.2) is 0 Å². The fourth-order valence-electron chi connectivity index (χ4n) is 3.94. The Kier molecular flexibility index (Phi) is 9.81. The highest BCUT2D eigenvalue weighted by atomic mass is 35.5. The van der Waals surface area contributed by atoms with Gasteiger partial charge in [-0.25, -0.2) is 0 Å². The molecule has 1 saturated heterocycles. The number of aliphatic hydroxyl groups is 1. The number of nitrogens with zero attached hydrogens (tertiary/aromatic N) is 1. The summed E-state index contributed by atoms with van der Waals surface area (Å²) >= 11 is 11.9. The van der Waals surface area contributed by atoms with Crippen molar-refractivity contribution in [2.75, 3.05) is 26.2 Å². The van der Waals surface area contributed by atoms with Gasteiger partial charge >= 0.3 is 0 Å². The Morgan fingerprint density at radius 2 is 1.88 bits per heavy atom. The van der Waals surface area contributed by atoms with Crippen LogP contribution >= 0.6 is 23.2 Å². The van der Waals surface area contributed by atoms with Crippen LogP contribution in [0.15, 0.2) is 30.4 Å².